The van der Waals surface area contributed by atoms with Crippen molar-refractivity contribution in [3.63, 3.8) is 0 Å². The molecule has 4 rings (SSSR count). The molecule has 0 unspecified atom stereocenters. The first-order valence-electron chi connectivity index (χ1n) is 8.50. The Morgan fingerprint density at radius 2 is 1.78 bits per heavy atom. The monoisotopic (exact) mass is 380 g/mol. The van der Waals surface area contributed by atoms with Gasteiger partial charge < -0.3 is 4.57 Å². The van der Waals surface area contributed by atoms with Crippen molar-refractivity contribution in [2.24, 2.45) is 0 Å². The van der Waals surface area contributed by atoms with Gasteiger partial charge in [-0.05, 0) is 36.9 Å². The molecule has 2 aromatic carbocycles. The number of thioether (sulfide) groups is 1. The van der Waals surface area contributed by atoms with Crippen LogP contribution in [-0.4, -0.2) is 27.7 Å². The molecule has 6 heteroatoms. The first kappa shape index (κ1) is 17.5. The first-order chi connectivity index (χ1) is 13.0. The number of nitrogens with zero attached hydrogens (tertiary/aromatic N) is 2. The van der Waals surface area contributed by atoms with Crippen molar-refractivity contribution in [3.8, 4) is 0 Å². The standard InChI is InChI=1S/C21H17FN2O2S/c1-13-16(11-19-20(25)23(2)21(26)27-19)15-8-4-6-10-18(15)24(13)12-14-7-3-5-9-17(14)22/h3-11H,12H2,1-2H3/b19-11-. The van der Waals surface area contributed by atoms with Gasteiger partial charge in [0.2, 0.25) is 0 Å². The molecule has 3 aromatic rings. The lowest BCUT2D eigenvalue weighted by atomic mass is 10.1. The van der Waals surface area contributed by atoms with E-state index in [9.17, 15) is 14.0 Å². The van der Waals surface area contributed by atoms with Crippen LogP contribution in [0.1, 0.15) is 16.8 Å². The van der Waals surface area contributed by atoms with Crippen LogP contribution in [0.5, 0.6) is 0 Å². The smallest absolute Gasteiger partial charge is 0.293 e. The molecule has 2 amide bonds. The maximum atomic E-state index is 14.2. The average Bonchev–Trinajstić information content (AvgIpc) is 3.07. The Kier molecular flexibility index (Phi) is 4.36. The second-order valence-electron chi connectivity index (χ2n) is 6.43. The minimum absolute atomic E-state index is 0.247. The van der Waals surface area contributed by atoms with Gasteiger partial charge in [0.05, 0.1) is 11.4 Å². The maximum Gasteiger partial charge on any atom is 0.293 e. The molecule has 1 fully saturated rings. The summed E-state index contributed by atoms with van der Waals surface area (Å²) in [5.74, 6) is -0.543. The normalized spacial score (nSPS) is 16.1. The molecular weight excluding hydrogens is 363 g/mol. The predicted octanol–water partition coefficient (Wildman–Crippen LogP) is 4.80. The topological polar surface area (TPSA) is 42.3 Å². The van der Waals surface area contributed by atoms with Crippen LogP contribution >= 0.6 is 11.8 Å². The minimum Gasteiger partial charge on any atom is -0.340 e. The van der Waals surface area contributed by atoms with Gasteiger partial charge in [0.1, 0.15) is 5.82 Å². The largest absolute Gasteiger partial charge is 0.340 e. The summed E-state index contributed by atoms with van der Waals surface area (Å²) < 4.78 is 16.2. The Balaban J connectivity index is 1.86. The summed E-state index contributed by atoms with van der Waals surface area (Å²) in [5.41, 5.74) is 3.35. The molecule has 1 saturated heterocycles. The number of amides is 2. The molecular formula is C21H17FN2O2S. The Hall–Kier alpha value is -2.86. The van der Waals surface area contributed by atoms with Crippen molar-refractivity contribution in [2.75, 3.05) is 7.05 Å². The van der Waals surface area contributed by atoms with E-state index in [0.717, 1.165) is 38.8 Å². The van der Waals surface area contributed by atoms with Crippen LogP contribution in [0.3, 0.4) is 0 Å². The van der Waals surface area contributed by atoms with E-state index in [1.54, 1.807) is 18.2 Å². The molecule has 0 spiro atoms. The number of carbonyl (C=O) groups excluding carboxylic acids is 2. The second-order valence-corrected chi connectivity index (χ2v) is 7.43. The van der Waals surface area contributed by atoms with Crippen molar-refractivity contribution in [1.29, 1.82) is 0 Å². The van der Waals surface area contributed by atoms with Crippen LogP contribution in [0.15, 0.2) is 53.4 Å². The summed E-state index contributed by atoms with van der Waals surface area (Å²) in [4.78, 5) is 25.6. The number of carbonyl (C=O) groups is 2. The average molecular weight is 380 g/mol. The van der Waals surface area contributed by atoms with Gasteiger partial charge >= 0.3 is 0 Å². The molecule has 0 radical (unpaired) electrons. The zero-order chi connectivity index (χ0) is 19.1. The van der Waals surface area contributed by atoms with Crippen molar-refractivity contribution in [1.82, 2.24) is 9.47 Å². The van der Waals surface area contributed by atoms with Gasteiger partial charge in [-0.15, -0.1) is 0 Å². The van der Waals surface area contributed by atoms with Crippen molar-refractivity contribution >= 4 is 39.9 Å². The third-order valence-corrected chi connectivity index (χ3v) is 5.79. The number of benzene rings is 2. The third-order valence-electron chi connectivity index (χ3n) is 4.83. The molecule has 27 heavy (non-hydrogen) atoms. The van der Waals surface area contributed by atoms with Gasteiger partial charge in [-0.2, -0.15) is 0 Å². The van der Waals surface area contributed by atoms with E-state index in [4.69, 9.17) is 0 Å². The molecule has 0 saturated carbocycles. The Morgan fingerprint density at radius 1 is 1.07 bits per heavy atom. The molecule has 0 N–H and O–H groups in total. The van der Waals surface area contributed by atoms with Crippen LogP contribution in [-0.2, 0) is 11.3 Å². The van der Waals surface area contributed by atoms with Crippen molar-refractivity contribution in [3.05, 3.63) is 76.1 Å². The summed E-state index contributed by atoms with van der Waals surface area (Å²) in [7, 11) is 1.48. The van der Waals surface area contributed by atoms with Gasteiger partial charge in [-0.1, -0.05) is 36.4 Å². The van der Waals surface area contributed by atoms with Crippen LogP contribution < -0.4 is 0 Å². The molecule has 1 aromatic heterocycles. The summed E-state index contributed by atoms with van der Waals surface area (Å²) in [6, 6.07) is 14.5. The summed E-state index contributed by atoms with van der Waals surface area (Å²) >= 11 is 0.939. The fourth-order valence-corrected chi connectivity index (χ4v) is 4.13. The highest BCUT2D eigenvalue weighted by molar-refractivity contribution is 8.18. The van der Waals surface area contributed by atoms with Crippen LogP contribution in [0.4, 0.5) is 9.18 Å². The van der Waals surface area contributed by atoms with E-state index >= 15 is 0 Å². The first-order valence-corrected chi connectivity index (χ1v) is 9.32. The Labute approximate surface area is 160 Å². The lowest BCUT2D eigenvalue weighted by Gasteiger charge is -2.09. The lowest BCUT2D eigenvalue weighted by molar-refractivity contribution is -0.121. The fourth-order valence-electron chi connectivity index (χ4n) is 3.32. The van der Waals surface area contributed by atoms with Crippen molar-refractivity contribution in [2.45, 2.75) is 13.5 Å². The quantitative estimate of drug-likeness (QED) is 0.613. The number of rotatable bonds is 3. The molecule has 0 bridgehead atoms. The number of fused-ring (bicyclic) bond motifs is 1. The highest BCUT2D eigenvalue weighted by atomic mass is 32.2. The zero-order valence-electron chi connectivity index (χ0n) is 14.9. The van der Waals surface area contributed by atoms with Crippen LogP contribution in [0.25, 0.3) is 17.0 Å². The molecule has 136 valence electrons. The predicted molar refractivity (Wildman–Crippen MR) is 106 cm³/mol. The SMILES string of the molecule is Cc1c(/C=C2\SC(=O)N(C)C2=O)c2ccccc2n1Cc1ccccc1F. The molecule has 1 aliphatic heterocycles. The zero-order valence-corrected chi connectivity index (χ0v) is 15.7. The van der Waals surface area contributed by atoms with Gasteiger partial charge in [-0.25, -0.2) is 4.39 Å². The summed E-state index contributed by atoms with van der Waals surface area (Å²) in [5, 5.41) is 0.688. The highest BCUT2D eigenvalue weighted by Gasteiger charge is 2.32. The van der Waals surface area contributed by atoms with Gasteiger partial charge in [-0.3, -0.25) is 14.5 Å². The van der Waals surface area contributed by atoms with Crippen LogP contribution in [0.2, 0.25) is 0 Å². The number of hydrogen-bond acceptors (Lipinski definition) is 3. The number of likely N-dealkylation sites (N-methyl/N-ethyl adjacent to an activating group) is 1. The molecule has 0 aliphatic carbocycles. The van der Waals surface area contributed by atoms with E-state index < -0.39 is 0 Å². The molecule has 1 aliphatic rings. The minimum atomic E-state index is -0.296. The summed E-state index contributed by atoms with van der Waals surface area (Å²) in [6.45, 7) is 2.34. The van der Waals surface area contributed by atoms with E-state index in [0.29, 0.717) is 17.0 Å². The Morgan fingerprint density at radius 3 is 2.48 bits per heavy atom. The van der Waals surface area contributed by atoms with Gasteiger partial charge in [0, 0.05) is 34.8 Å². The van der Waals surface area contributed by atoms with Crippen molar-refractivity contribution < 1.29 is 14.0 Å². The molecule has 4 nitrogen and oxygen atoms in total. The second kappa shape index (κ2) is 6.70. The van der Waals surface area contributed by atoms with E-state index in [1.165, 1.54) is 13.1 Å². The highest BCUT2D eigenvalue weighted by Crippen LogP contribution is 2.35. The number of para-hydroxylation sites is 1. The number of hydrogen-bond donors (Lipinski definition) is 0. The van der Waals surface area contributed by atoms with Gasteiger partial charge in [0.25, 0.3) is 11.1 Å². The molecule has 0 atom stereocenters. The van der Waals surface area contributed by atoms with E-state index in [-0.39, 0.29) is 17.0 Å². The van der Waals surface area contributed by atoms with Crippen LogP contribution in [0, 0.1) is 12.7 Å². The lowest BCUT2D eigenvalue weighted by Crippen LogP contribution is -2.22. The number of halogens is 1. The van der Waals surface area contributed by atoms with Gasteiger partial charge in [0.15, 0.2) is 0 Å². The fraction of sp³-hybridized carbons (Fsp3) is 0.143. The number of aromatic nitrogens is 1. The Bertz CT molecular complexity index is 1120. The third kappa shape index (κ3) is 2.96. The van der Waals surface area contributed by atoms with E-state index in [2.05, 4.69) is 0 Å². The maximum absolute atomic E-state index is 14.2. The molecule has 2 heterocycles. The summed E-state index contributed by atoms with van der Waals surface area (Å²) in [6.07, 6.45) is 1.77. The van der Waals surface area contributed by atoms with E-state index in [1.807, 2.05) is 41.8 Å². The number of imide groups is 1.